The molecule has 0 bridgehead atoms. The lowest BCUT2D eigenvalue weighted by molar-refractivity contribution is 0.0956. The Bertz CT molecular complexity index is 474. The van der Waals surface area contributed by atoms with E-state index in [4.69, 9.17) is 5.73 Å². The van der Waals surface area contributed by atoms with Gasteiger partial charge in [-0.15, -0.1) is 0 Å². The van der Waals surface area contributed by atoms with Crippen molar-refractivity contribution in [3.63, 3.8) is 0 Å². The number of hydrogen-bond acceptors (Lipinski definition) is 2. The fourth-order valence-corrected chi connectivity index (χ4v) is 2.61. The van der Waals surface area contributed by atoms with Crippen LogP contribution in [0.4, 0.5) is 0 Å². The fraction of sp³-hybridized carbons (Fsp3) is 0.562. The number of carbonyl (C=O) groups excluding carboxylic acids is 1. The van der Waals surface area contributed by atoms with Gasteiger partial charge in [-0.1, -0.05) is 32.9 Å². The molecule has 0 saturated heterocycles. The largest absolute Gasteiger partial charge is 0.352 e. The lowest BCUT2D eigenvalue weighted by atomic mass is 9.85. The van der Waals surface area contributed by atoms with E-state index in [-0.39, 0.29) is 17.4 Å². The van der Waals surface area contributed by atoms with Crippen molar-refractivity contribution in [1.82, 2.24) is 5.32 Å². The van der Waals surface area contributed by atoms with E-state index in [1.54, 1.807) is 0 Å². The van der Waals surface area contributed by atoms with Gasteiger partial charge in [-0.3, -0.25) is 4.79 Å². The van der Waals surface area contributed by atoms with Crippen molar-refractivity contribution in [2.75, 3.05) is 6.54 Å². The molecule has 104 valence electrons. The van der Waals surface area contributed by atoms with Crippen LogP contribution in [0.5, 0.6) is 0 Å². The second-order valence-electron chi connectivity index (χ2n) is 6.65. The standard InChI is InChI=1S/C16H24N2O/c1-16(2,3)10-14(17)12-7-6-11-5-4-8-18-15(19)13(11)9-12/h6-7,9,14H,4-5,8,10,17H2,1-3H3,(H,18,19). The molecular formula is C16H24N2O. The van der Waals surface area contributed by atoms with Crippen LogP contribution in [-0.4, -0.2) is 12.5 Å². The van der Waals surface area contributed by atoms with Gasteiger partial charge in [0, 0.05) is 18.2 Å². The first kappa shape index (κ1) is 14.1. The Balaban J connectivity index is 2.27. The van der Waals surface area contributed by atoms with Crippen molar-refractivity contribution in [2.45, 2.75) is 46.1 Å². The normalized spacial score (nSPS) is 17.4. The average Bonchev–Trinajstić information content (AvgIpc) is 2.49. The predicted octanol–water partition coefficient (Wildman–Crippen LogP) is 2.80. The Labute approximate surface area is 115 Å². The van der Waals surface area contributed by atoms with Gasteiger partial charge in [0.25, 0.3) is 5.91 Å². The van der Waals surface area contributed by atoms with E-state index in [1.165, 1.54) is 0 Å². The quantitative estimate of drug-likeness (QED) is 0.859. The van der Waals surface area contributed by atoms with Crippen molar-refractivity contribution in [3.05, 3.63) is 34.9 Å². The molecular weight excluding hydrogens is 236 g/mol. The number of aryl methyl sites for hydroxylation is 1. The molecule has 3 nitrogen and oxygen atoms in total. The van der Waals surface area contributed by atoms with Gasteiger partial charge in [0.05, 0.1) is 0 Å². The van der Waals surface area contributed by atoms with Crippen LogP contribution in [0.3, 0.4) is 0 Å². The highest BCUT2D eigenvalue weighted by molar-refractivity contribution is 5.96. The number of nitrogens with two attached hydrogens (primary N) is 1. The number of carbonyl (C=O) groups is 1. The number of rotatable bonds is 2. The highest BCUT2D eigenvalue weighted by Crippen LogP contribution is 2.29. The Morgan fingerprint density at radius 1 is 1.37 bits per heavy atom. The molecule has 0 aliphatic carbocycles. The van der Waals surface area contributed by atoms with Crippen LogP contribution < -0.4 is 11.1 Å². The Morgan fingerprint density at radius 3 is 2.79 bits per heavy atom. The zero-order valence-corrected chi connectivity index (χ0v) is 12.1. The molecule has 0 saturated carbocycles. The molecule has 0 fully saturated rings. The second kappa shape index (κ2) is 5.33. The lowest BCUT2D eigenvalue weighted by Crippen LogP contribution is -2.23. The summed E-state index contributed by atoms with van der Waals surface area (Å²) in [6.45, 7) is 7.31. The summed E-state index contributed by atoms with van der Waals surface area (Å²) in [5.74, 6) is 0.0392. The first-order chi connectivity index (χ1) is 8.87. The molecule has 3 N–H and O–H groups in total. The molecule has 1 aromatic rings. The third-order valence-corrected chi connectivity index (χ3v) is 3.55. The van der Waals surface area contributed by atoms with Crippen LogP contribution >= 0.6 is 0 Å². The zero-order chi connectivity index (χ0) is 14.0. The van der Waals surface area contributed by atoms with Gasteiger partial charge in [0.2, 0.25) is 0 Å². The van der Waals surface area contributed by atoms with E-state index in [1.807, 2.05) is 6.07 Å². The fourth-order valence-electron chi connectivity index (χ4n) is 2.61. The first-order valence-corrected chi connectivity index (χ1v) is 7.03. The summed E-state index contributed by atoms with van der Waals surface area (Å²) in [7, 11) is 0. The maximum atomic E-state index is 12.0. The minimum absolute atomic E-state index is 0.0126. The molecule has 0 radical (unpaired) electrons. The van der Waals surface area contributed by atoms with E-state index in [2.05, 4.69) is 38.2 Å². The van der Waals surface area contributed by atoms with Gasteiger partial charge in [0.15, 0.2) is 0 Å². The van der Waals surface area contributed by atoms with E-state index in [0.29, 0.717) is 0 Å². The Kier molecular flexibility index (Phi) is 3.95. The van der Waals surface area contributed by atoms with Crippen LogP contribution in [0.2, 0.25) is 0 Å². The lowest BCUT2D eigenvalue weighted by Gasteiger charge is -2.24. The summed E-state index contributed by atoms with van der Waals surface area (Å²) in [4.78, 5) is 12.0. The minimum Gasteiger partial charge on any atom is -0.352 e. The van der Waals surface area contributed by atoms with Gasteiger partial charge in [-0.25, -0.2) is 0 Å². The van der Waals surface area contributed by atoms with Gasteiger partial charge in [-0.05, 0) is 41.9 Å². The molecule has 3 heteroatoms. The zero-order valence-electron chi connectivity index (χ0n) is 12.1. The highest BCUT2D eigenvalue weighted by atomic mass is 16.1. The maximum Gasteiger partial charge on any atom is 0.251 e. The van der Waals surface area contributed by atoms with Crippen molar-refractivity contribution in [3.8, 4) is 0 Å². The van der Waals surface area contributed by atoms with Crippen molar-refractivity contribution >= 4 is 5.91 Å². The van der Waals surface area contributed by atoms with Gasteiger partial charge >= 0.3 is 0 Å². The van der Waals surface area contributed by atoms with Crippen LogP contribution in [0.25, 0.3) is 0 Å². The summed E-state index contributed by atoms with van der Waals surface area (Å²) in [6.07, 6.45) is 2.88. The highest BCUT2D eigenvalue weighted by Gasteiger charge is 2.20. The van der Waals surface area contributed by atoms with E-state index in [9.17, 15) is 4.79 Å². The van der Waals surface area contributed by atoms with E-state index < -0.39 is 0 Å². The van der Waals surface area contributed by atoms with Gasteiger partial charge < -0.3 is 11.1 Å². The molecule has 0 aromatic heterocycles. The van der Waals surface area contributed by atoms with Crippen LogP contribution in [0.1, 0.15) is 61.1 Å². The van der Waals surface area contributed by atoms with Crippen molar-refractivity contribution in [1.29, 1.82) is 0 Å². The summed E-state index contributed by atoms with van der Waals surface area (Å²) in [5, 5.41) is 2.94. The molecule has 1 unspecified atom stereocenters. The molecule has 1 atom stereocenters. The van der Waals surface area contributed by atoms with Crippen molar-refractivity contribution < 1.29 is 4.79 Å². The van der Waals surface area contributed by atoms with Crippen molar-refractivity contribution in [2.24, 2.45) is 11.1 Å². The van der Waals surface area contributed by atoms with Crippen LogP contribution in [0, 0.1) is 5.41 Å². The van der Waals surface area contributed by atoms with Crippen LogP contribution in [-0.2, 0) is 6.42 Å². The van der Waals surface area contributed by atoms with Gasteiger partial charge in [-0.2, -0.15) is 0 Å². The molecule has 1 aliphatic rings. The number of fused-ring (bicyclic) bond motifs is 1. The number of hydrogen-bond donors (Lipinski definition) is 2. The second-order valence-corrected chi connectivity index (χ2v) is 6.65. The molecule has 1 aromatic carbocycles. The predicted molar refractivity (Wildman–Crippen MR) is 78.1 cm³/mol. The molecule has 1 amide bonds. The summed E-state index contributed by atoms with van der Waals surface area (Å²) in [6, 6.07) is 6.11. The number of amides is 1. The van der Waals surface area contributed by atoms with E-state index >= 15 is 0 Å². The topological polar surface area (TPSA) is 55.1 Å². The third-order valence-electron chi connectivity index (χ3n) is 3.55. The minimum atomic E-state index is -0.0126. The summed E-state index contributed by atoms with van der Waals surface area (Å²) in [5.41, 5.74) is 9.46. The molecule has 2 rings (SSSR count). The maximum absolute atomic E-state index is 12.0. The Hall–Kier alpha value is -1.35. The molecule has 0 spiro atoms. The monoisotopic (exact) mass is 260 g/mol. The third kappa shape index (κ3) is 3.57. The summed E-state index contributed by atoms with van der Waals surface area (Å²) < 4.78 is 0. The SMILES string of the molecule is CC(C)(C)CC(N)c1ccc2c(c1)C(=O)NCCC2. The van der Waals surface area contributed by atoms with E-state index in [0.717, 1.165) is 42.5 Å². The van der Waals surface area contributed by atoms with Gasteiger partial charge in [0.1, 0.15) is 0 Å². The van der Waals surface area contributed by atoms with Crippen LogP contribution in [0.15, 0.2) is 18.2 Å². The molecule has 19 heavy (non-hydrogen) atoms. The molecule has 1 heterocycles. The Morgan fingerprint density at radius 2 is 2.11 bits per heavy atom. The average molecular weight is 260 g/mol. The molecule has 1 aliphatic heterocycles. The first-order valence-electron chi connectivity index (χ1n) is 7.03. The number of nitrogens with one attached hydrogen (secondary N) is 1. The smallest absolute Gasteiger partial charge is 0.251 e. The number of benzene rings is 1. The summed E-state index contributed by atoms with van der Waals surface area (Å²) >= 11 is 0.